The fourth-order valence-electron chi connectivity index (χ4n) is 4.05. The Labute approximate surface area is 166 Å². The topological polar surface area (TPSA) is 55.7 Å². The Kier molecular flexibility index (Phi) is 5.87. The van der Waals surface area contributed by atoms with E-state index in [0.29, 0.717) is 12.5 Å². The van der Waals surface area contributed by atoms with Crippen molar-refractivity contribution in [3.8, 4) is 5.75 Å². The molecule has 1 aromatic heterocycles. The molecule has 152 valence electrons. The normalized spacial score (nSPS) is 17.8. The van der Waals surface area contributed by atoms with Crippen LogP contribution in [-0.4, -0.2) is 61.9 Å². The number of carbonyl (C=O) groups is 1. The molecular formula is C22H31N3O3. The Hall–Kier alpha value is -2.05. The van der Waals surface area contributed by atoms with Gasteiger partial charge in [-0.3, -0.25) is 9.69 Å². The summed E-state index contributed by atoms with van der Waals surface area (Å²) in [4.78, 5) is 15.0. The SMILES string of the molecule is COc1ccc2c(c1)c(CCN1CCOCC1)c(C)n2CC(=O)NCC1CC1. The second kappa shape index (κ2) is 8.53. The molecule has 28 heavy (non-hydrogen) atoms. The number of carbonyl (C=O) groups excluding carboxylic acids is 1. The molecule has 2 fully saturated rings. The lowest BCUT2D eigenvalue weighted by Crippen LogP contribution is -2.37. The van der Waals surface area contributed by atoms with Crippen molar-refractivity contribution < 1.29 is 14.3 Å². The molecule has 2 aromatic rings. The van der Waals surface area contributed by atoms with Crippen LogP contribution >= 0.6 is 0 Å². The highest BCUT2D eigenvalue weighted by atomic mass is 16.5. The van der Waals surface area contributed by atoms with Crippen molar-refractivity contribution in [3.05, 3.63) is 29.5 Å². The third-order valence-corrected chi connectivity index (χ3v) is 6.03. The van der Waals surface area contributed by atoms with Crippen LogP contribution < -0.4 is 10.1 Å². The zero-order valence-electron chi connectivity index (χ0n) is 17.0. The fourth-order valence-corrected chi connectivity index (χ4v) is 4.05. The number of benzene rings is 1. The van der Waals surface area contributed by atoms with E-state index in [2.05, 4.69) is 33.8 Å². The lowest BCUT2D eigenvalue weighted by molar-refractivity contribution is -0.121. The van der Waals surface area contributed by atoms with Crippen molar-refractivity contribution in [3.63, 3.8) is 0 Å². The van der Waals surface area contributed by atoms with Gasteiger partial charge in [0.1, 0.15) is 12.3 Å². The highest BCUT2D eigenvalue weighted by molar-refractivity contribution is 5.88. The van der Waals surface area contributed by atoms with E-state index in [1.807, 2.05) is 6.07 Å². The molecule has 6 nitrogen and oxygen atoms in total. The molecule has 0 radical (unpaired) electrons. The quantitative estimate of drug-likeness (QED) is 0.758. The van der Waals surface area contributed by atoms with E-state index in [-0.39, 0.29) is 5.91 Å². The predicted molar refractivity (Wildman–Crippen MR) is 110 cm³/mol. The van der Waals surface area contributed by atoms with Gasteiger partial charge in [0, 0.05) is 42.8 Å². The van der Waals surface area contributed by atoms with Crippen LogP contribution in [0.25, 0.3) is 10.9 Å². The molecule has 0 spiro atoms. The minimum atomic E-state index is 0.0995. The van der Waals surface area contributed by atoms with Gasteiger partial charge < -0.3 is 19.4 Å². The number of nitrogens with one attached hydrogen (secondary N) is 1. The number of amides is 1. The number of fused-ring (bicyclic) bond motifs is 1. The van der Waals surface area contributed by atoms with Gasteiger partial charge in [-0.1, -0.05) is 0 Å². The summed E-state index contributed by atoms with van der Waals surface area (Å²) < 4.78 is 13.1. The van der Waals surface area contributed by atoms with E-state index < -0.39 is 0 Å². The minimum absolute atomic E-state index is 0.0995. The van der Waals surface area contributed by atoms with Gasteiger partial charge in [-0.05, 0) is 55.9 Å². The summed E-state index contributed by atoms with van der Waals surface area (Å²) in [5.41, 5.74) is 3.60. The van der Waals surface area contributed by atoms with Gasteiger partial charge in [-0.2, -0.15) is 0 Å². The maximum Gasteiger partial charge on any atom is 0.239 e. The lowest BCUT2D eigenvalue weighted by atomic mass is 10.1. The van der Waals surface area contributed by atoms with Crippen LogP contribution in [0.1, 0.15) is 24.1 Å². The molecular weight excluding hydrogens is 354 g/mol. The van der Waals surface area contributed by atoms with Gasteiger partial charge in [0.05, 0.1) is 20.3 Å². The molecule has 1 aliphatic carbocycles. The van der Waals surface area contributed by atoms with Crippen LogP contribution in [0, 0.1) is 12.8 Å². The van der Waals surface area contributed by atoms with Crippen molar-refractivity contribution in [2.75, 3.05) is 46.5 Å². The standard InChI is InChI=1S/C22H31N3O3/c1-16-19(7-8-24-9-11-28-12-10-24)20-13-18(27-2)5-6-21(20)25(16)15-22(26)23-14-17-3-4-17/h5-6,13,17H,3-4,7-12,14-15H2,1-2H3,(H,23,26). The van der Waals surface area contributed by atoms with Gasteiger partial charge >= 0.3 is 0 Å². The number of ether oxygens (including phenoxy) is 2. The van der Waals surface area contributed by atoms with E-state index in [0.717, 1.165) is 57.1 Å². The number of morpholine rings is 1. The molecule has 0 atom stereocenters. The molecule has 0 unspecified atom stereocenters. The van der Waals surface area contributed by atoms with Gasteiger partial charge in [0.25, 0.3) is 0 Å². The lowest BCUT2D eigenvalue weighted by Gasteiger charge is -2.26. The number of methoxy groups -OCH3 is 1. The second-order valence-electron chi connectivity index (χ2n) is 7.98. The Morgan fingerprint density at radius 3 is 2.79 bits per heavy atom. The Bertz CT molecular complexity index is 835. The Morgan fingerprint density at radius 2 is 2.07 bits per heavy atom. The first-order valence-corrected chi connectivity index (χ1v) is 10.4. The van der Waals surface area contributed by atoms with Gasteiger partial charge in [-0.15, -0.1) is 0 Å². The average molecular weight is 386 g/mol. The molecule has 1 saturated carbocycles. The third-order valence-electron chi connectivity index (χ3n) is 6.03. The number of rotatable bonds is 8. The second-order valence-corrected chi connectivity index (χ2v) is 7.98. The third kappa shape index (κ3) is 4.33. The number of hydrogen-bond acceptors (Lipinski definition) is 4. The first kappa shape index (κ1) is 19.3. The van der Waals surface area contributed by atoms with Crippen molar-refractivity contribution in [1.29, 1.82) is 0 Å². The maximum absolute atomic E-state index is 12.5. The largest absolute Gasteiger partial charge is 0.497 e. The predicted octanol–water partition coefficient (Wildman–Crippen LogP) is 2.36. The molecule has 1 saturated heterocycles. The number of aromatic nitrogens is 1. The summed E-state index contributed by atoms with van der Waals surface area (Å²) in [7, 11) is 1.70. The highest BCUT2D eigenvalue weighted by Crippen LogP contribution is 2.30. The van der Waals surface area contributed by atoms with E-state index in [1.54, 1.807) is 7.11 Å². The summed E-state index contributed by atoms with van der Waals surface area (Å²) in [6.07, 6.45) is 3.46. The zero-order valence-corrected chi connectivity index (χ0v) is 17.0. The molecule has 6 heteroatoms. The van der Waals surface area contributed by atoms with Crippen LogP contribution in [0.5, 0.6) is 5.75 Å². The molecule has 1 aliphatic heterocycles. The van der Waals surface area contributed by atoms with Crippen LogP contribution in [0.15, 0.2) is 18.2 Å². The molecule has 1 aromatic carbocycles. The van der Waals surface area contributed by atoms with E-state index in [9.17, 15) is 4.79 Å². The van der Waals surface area contributed by atoms with Crippen molar-refractivity contribution in [2.45, 2.75) is 32.7 Å². The van der Waals surface area contributed by atoms with Crippen molar-refractivity contribution >= 4 is 16.8 Å². The maximum atomic E-state index is 12.5. The molecule has 4 rings (SSSR count). The van der Waals surface area contributed by atoms with Crippen LogP contribution in [-0.2, 0) is 22.5 Å². The summed E-state index contributed by atoms with van der Waals surface area (Å²) in [6, 6.07) is 6.16. The number of hydrogen-bond donors (Lipinski definition) is 1. The summed E-state index contributed by atoms with van der Waals surface area (Å²) in [6.45, 7) is 7.94. The monoisotopic (exact) mass is 385 g/mol. The van der Waals surface area contributed by atoms with E-state index >= 15 is 0 Å². The fraction of sp³-hybridized carbons (Fsp3) is 0.591. The highest BCUT2D eigenvalue weighted by Gasteiger charge is 2.22. The van der Waals surface area contributed by atoms with Crippen LogP contribution in [0.2, 0.25) is 0 Å². The molecule has 1 amide bonds. The Morgan fingerprint density at radius 1 is 1.29 bits per heavy atom. The summed E-state index contributed by atoms with van der Waals surface area (Å²) in [5, 5.41) is 4.29. The first-order valence-electron chi connectivity index (χ1n) is 10.4. The van der Waals surface area contributed by atoms with E-state index in [4.69, 9.17) is 9.47 Å². The Balaban J connectivity index is 1.56. The van der Waals surface area contributed by atoms with E-state index in [1.165, 1.54) is 29.5 Å². The van der Waals surface area contributed by atoms with Gasteiger partial charge in [-0.25, -0.2) is 0 Å². The van der Waals surface area contributed by atoms with Gasteiger partial charge in [0.2, 0.25) is 5.91 Å². The first-order chi connectivity index (χ1) is 13.7. The van der Waals surface area contributed by atoms with Crippen molar-refractivity contribution in [2.24, 2.45) is 5.92 Å². The zero-order chi connectivity index (χ0) is 19.5. The van der Waals surface area contributed by atoms with Crippen LogP contribution in [0.3, 0.4) is 0 Å². The van der Waals surface area contributed by atoms with Crippen LogP contribution in [0.4, 0.5) is 0 Å². The molecule has 0 bridgehead atoms. The molecule has 1 N–H and O–H groups in total. The summed E-state index contributed by atoms with van der Waals surface area (Å²) in [5.74, 6) is 1.65. The molecule has 2 aliphatic rings. The van der Waals surface area contributed by atoms with Gasteiger partial charge in [0.15, 0.2) is 0 Å². The summed E-state index contributed by atoms with van der Waals surface area (Å²) >= 11 is 0. The minimum Gasteiger partial charge on any atom is -0.497 e. The molecule has 2 heterocycles. The number of nitrogens with zero attached hydrogens (tertiary/aromatic N) is 2. The average Bonchev–Trinajstić information content (AvgIpc) is 3.52. The van der Waals surface area contributed by atoms with Crippen molar-refractivity contribution in [1.82, 2.24) is 14.8 Å². The smallest absolute Gasteiger partial charge is 0.239 e.